The lowest BCUT2D eigenvalue weighted by atomic mass is 9.99. The zero-order chi connectivity index (χ0) is 34.6. The number of hydrogen-bond donors (Lipinski definition) is 0. The Balaban J connectivity index is 1.09. The molecule has 8 rings (SSSR count). The number of hydrogen-bond acceptors (Lipinski definition) is 4. The second-order valence-electron chi connectivity index (χ2n) is 12.2. The van der Waals surface area contributed by atoms with Crippen molar-refractivity contribution >= 4 is 23.1 Å². The first kappa shape index (κ1) is 31.9. The van der Waals surface area contributed by atoms with Crippen LogP contribution in [0.1, 0.15) is 0 Å². The minimum Gasteiger partial charge on any atom is -0.309 e. The summed E-state index contributed by atoms with van der Waals surface area (Å²) in [5.74, 6) is 1.25. The highest BCUT2D eigenvalue weighted by atomic mass is 31.2. The van der Waals surface area contributed by atoms with Crippen molar-refractivity contribution in [2.45, 2.75) is 0 Å². The Morgan fingerprint density at radius 1 is 0.333 bits per heavy atom. The third-order valence-corrected chi connectivity index (χ3v) is 12.0. The molecule has 0 saturated heterocycles. The molecule has 0 amide bonds. The standard InChI is InChI=1S/C45H31FN3OP/c46-39-29-27-37(28-30-39)45-48-43(35-11-4-1-5-12-35)47-44(49-45)36-25-23-33(24-26-36)32-19-21-34(22-20-32)38-13-10-18-42(31-38)51(50,40-14-6-2-7-15-40)41-16-8-3-9-17-41/h1-31H. The Kier molecular flexibility index (Phi) is 8.71. The molecular formula is C45H31FN3OP. The van der Waals surface area contributed by atoms with Crippen LogP contribution in [0.5, 0.6) is 0 Å². The van der Waals surface area contributed by atoms with E-state index in [0.29, 0.717) is 23.0 Å². The predicted molar refractivity (Wildman–Crippen MR) is 206 cm³/mol. The van der Waals surface area contributed by atoms with E-state index in [9.17, 15) is 8.96 Å². The molecule has 0 atom stereocenters. The van der Waals surface area contributed by atoms with Crippen LogP contribution in [0.3, 0.4) is 0 Å². The lowest BCUT2D eigenvalue weighted by molar-refractivity contribution is 0.592. The highest BCUT2D eigenvalue weighted by molar-refractivity contribution is 7.85. The van der Waals surface area contributed by atoms with E-state index in [2.05, 4.69) is 48.5 Å². The number of aromatic nitrogens is 3. The molecule has 0 bridgehead atoms. The molecule has 51 heavy (non-hydrogen) atoms. The van der Waals surface area contributed by atoms with E-state index in [0.717, 1.165) is 49.3 Å². The van der Waals surface area contributed by atoms with Crippen LogP contribution in [0.4, 0.5) is 4.39 Å². The fourth-order valence-electron chi connectivity index (χ4n) is 6.22. The topological polar surface area (TPSA) is 55.7 Å². The van der Waals surface area contributed by atoms with Gasteiger partial charge in [0.05, 0.1) is 0 Å². The van der Waals surface area contributed by atoms with Crippen molar-refractivity contribution in [2.24, 2.45) is 0 Å². The quantitative estimate of drug-likeness (QED) is 0.150. The monoisotopic (exact) mass is 679 g/mol. The molecule has 0 N–H and O–H groups in total. The van der Waals surface area contributed by atoms with Gasteiger partial charge in [-0.25, -0.2) is 19.3 Å². The third kappa shape index (κ3) is 6.55. The lowest BCUT2D eigenvalue weighted by Crippen LogP contribution is -2.25. The first-order valence-corrected chi connectivity index (χ1v) is 18.4. The van der Waals surface area contributed by atoms with E-state index in [1.165, 1.54) is 12.1 Å². The molecular weight excluding hydrogens is 648 g/mol. The average molecular weight is 680 g/mol. The molecule has 1 heterocycles. The van der Waals surface area contributed by atoms with Gasteiger partial charge in [0.1, 0.15) is 5.82 Å². The molecule has 7 aromatic carbocycles. The smallest absolute Gasteiger partial charge is 0.171 e. The number of benzene rings is 7. The Labute approximate surface area is 296 Å². The van der Waals surface area contributed by atoms with Crippen molar-refractivity contribution in [3.8, 4) is 56.4 Å². The summed E-state index contributed by atoms with van der Waals surface area (Å²) in [6.45, 7) is 0. The van der Waals surface area contributed by atoms with Crippen molar-refractivity contribution in [1.82, 2.24) is 15.0 Å². The molecule has 0 aliphatic rings. The highest BCUT2D eigenvalue weighted by Crippen LogP contribution is 2.43. The van der Waals surface area contributed by atoms with E-state index < -0.39 is 7.14 Å². The Morgan fingerprint density at radius 3 is 1.14 bits per heavy atom. The summed E-state index contributed by atoms with van der Waals surface area (Å²) in [5.41, 5.74) is 6.58. The van der Waals surface area contributed by atoms with Gasteiger partial charge in [-0.2, -0.15) is 0 Å². The largest absolute Gasteiger partial charge is 0.309 e. The van der Waals surface area contributed by atoms with E-state index in [1.54, 1.807) is 12.1 Å². The fourth-order valence-corrected chi connectivity index (χ4v) is 8.92. The van der Waals surface area contributed by atoms with Gasteiger partial charge >= 0.3 is 0 Å². The van der Waals surface area contributed by atoms with Gasteiger partial charge in [0.15, 0.2) is 24.6 Å². The van der Waals surface area contributed by atoms with Gasteiger partial charge in [0.25, 0.3) is 0 Å². The van der Waals surface area contributed by atoms with Crippen LogP contribution in [-0.2, 0) is 4.57 Å². The molecule has 4 nitrogen and oxygen atoms in total. The summed E-state index contributed by atoms with van der Waals surface area (Å²) in [6.07, 6.45) is 0. The van der Waals surface area contributed by atoms with E-state index in [4.69, 9.17) is 15.0 Å². The van der Waals surface area contributed by atoms with Crippen LogP contribution in [0.25, 0.3) is 56.4 Å². The normalized spacial score (nSPS) is 11.3. The van der Waals surface area contributed by atoms with Crippen molar-refractivity contribution in [2.75, 3.05) is 0 Å². The van der Waals surface area contributed by atoms with Gasteiger partial charge in [-0.1, -0.05) is 158 Å². The van der Waals surface area contributed by atoms with Gasteiger partial charge in [0.2, 0.25) is 0 Å². The molecule has 0 radical (unpaired) electrons. The maximum Gasteiger partial charge on any atom is 0.171 e. The Hall–Kier alpha value is -6.29. The second-order valence-corrected chi connectivity index (χ2v) is 14.9. The van der Waals surface area contributed by atoms with Gasteiger partial charge in [-0.15, -0.1) is 0 Å². The fraction of sp³-hybridized carbons (Fsp3) is 0. The van der Waals surface area contributed by atoms with Crippen LogP contribution < -0.4 is 15.9 Å². The zero-order valence-electron chi connectivity index (χ0n) is 27.5. The van der Waals surface area contributed by atoms with Crippen LogP contribution in [0, 0.1) is 5.82 Å². The van der Waals surface area contributed by atoms with Crippen LogP contribution in [0.2, 0.25) is 0 Å². The Bertz CT molecular complexity index is 2430. The highest BCUT2D eigenvalue weighted by Gasteiger charge is 2.29. The summed E-state index contributed by atoms with van der Waals surface area (Å²) >= 11 is 0. The van der Waals surface area contributed by atoms with Gasteiger partial charge in [0, 0.05) is 32.6 Å². The molecule has 0 spiro atoms. The first-order chi connectivity index (χ1) is 25.0. The molecule has 8 aromatic rings. The molecule has 0 fully saturated rings. The summed E-state index contributed by atoms with van der Waals surface area (Å²) in [7, 11) is -3.08. The van der Waals surface area contributed by atoms with Crippen LogP contribution >= 0.6 is 7.14 Å². The predicted octanol–water partition coefficient (Wildman–Crippen LogP) is 9.99. The molecule has 0 saturated carbocycles. The maximum absolute atomic E-state index is 14.9. The average Bonchev–Trinajstić information content (AvgIpc) is 3.22. The number of nitrogens with zero attached hydrogens (tertiary/aromatic N) is 3. The molecule has 6 heteroatoms. The van der Waals surface area contributed by atoms with Crippen molar-refractivity contribution in [3.05, 3.63) is 194 Å². The van der Waals surface area contributed by atoms with Gasteiger partial charge in [-0.05, 0) is 52.6 Å². The van der Waals surface area contributed by atoms with E-state index in [1.807, 2.05) is 115 Å². The van der Waals surface area contributed by atoms with Crippen molar-refractivity contribution < 1.29 is 8.96 Å². The summed E-state index contributed by atoms with van der Waals surface area (Å²) in [6, 6.07) is 60.0. The third-order valence-electron chi connectivity index (χ3n) is 8.91. The van der Waals surface area contributed by atoms with E-state index in [-0.39, 0.29) is 5.82 Å². The van der Waals surface area contributed by atoms with E-state index >= 15 is 0 Å². The SMILES string of the molecule is O=P(c1ccccc1)(c1ccccc1)c1cccc(-c2ccc(-c3ccc(-c4nc(-c5ccccc5)nc(-c5ccc(F)cc5)n4)cc3)cc2)c1. The first-order valence-electron chi connectivity index (χ1n) is 16.7. The lowest BCUT2D eigenvalue weighted by Gasteiger charge is -2.20. The summed E-state index contributed by atoms with van der Waals surface area (Å²) in [4.78, 5) is 14.3. The maximum atomic E-state index is 14.9. The summed E-state index contributed by atoms with van der Waals surface area (Å²) < 4.78 is 28.6. The Morgan fingerprint density at radius 2 is 0.667 bits per heavy atom. The molecule has 1 aromatic heterocycles. The summed E-state index contributed by atoms with van der Waals surface area (Å²) in [5, 5.41) is 2.42. The van der Waals surface area contributed by atoms with Crippen LogP contribution in [0.15, 0.2) is 188 Å². The van der Waals surface area contributed by atoms with Crippen LogP contribution in [-0.4, -0.2) is 15.0 Å². The van der Waals surface area contributed by atoms with Crippen molar-refractivity contribution in [3.63, 3.8) is 0 Å². The minimum absolute atomic E-state index is 0.314. The zero-order valence-corrected chi connectivity index (χ0v) is 28.4. The molecule has 0 aliphatic heterocycles. The van der Waals surface area contributed by atoms with Crippen molar-refractivity contribution in [1.29, 1.82) is 0 Å². The molecule has 244 valence electrons. The molecule has 0 unspecified atom stereocenters. The second kappa shape index (κ2) is 13.9. The van der Waals surface area contributed by atoms with Gasteiger partial charge < -0.3 is 4.57 Å². The molecule has 0 aliphatic carbocycles. The number of rotatable bonds is 8. The minimum atomic E-state index is -3.08. The number of halogens is 1. The van der Waals surface area contributed by atoms with Gasteiger partial charge in [-0.3, -0.25) is 0 Å².